The summed E-state index contributed by atoms with van der Waals surface area (Å²) >= 11 is 0. The molecule has 0 atom stereocenters. The van der Waals surface area contributed by atoms with E-state index >= 15 is 0 Å². The number of hydrogen-bond acceptors (Lipinski definition) is 11. The summed E-state index contributed by atoms with van der Waals surface area (Å²) in [7, 11) is 0. The monoisotopic (exact) mass is 436 g/mol. The molecule has 3 aliphatic rings. The Morgan fingerprint density at radius 1 is 0.656 bits per heavy atom. The van der Waals surface area contributed by atoms with Gasteiger partial charge in [0.15, 0.2) is 23.0 Å². The maximum Gasteiger partial charge on any atom is 0.233 e. The van der Waals surface area contributed by atoms with Crippen LogP contribution in [0.25, 0.3) is 0 Å². The Labute approximate surface area is 183 Å². The summed E-state index contributed by atoms with van der Waals surface area (Å²) in [5.74, 6) is 4.16. The normalized spacial score (nSPS) is 16.2. The van der Waals surface area contributed by atoms with Gasteiger partial charge in [0.2, 0.25) is 31.4 Å². The van der Waals surface area contributed by atoms with Crippen LogP contribution in [0.5, 0.6) is 23.0 Å². The highest BCUT2D eigenvalue weighted by atomic mass is 16.7. The summed E-state index contributed by atoms with van der Waals surface area (Å²) in [6, 6.07) is 11.2. The summed E-state index contributed by atoms with van der Waals surface area (Å²) in [5.41, 5.74) is 1.56. The summed E-state index contributed by atoms with van der Waals surface area (Å²) in [5, 5.41) is 6.48. The predicted molar refractivity (Wildman–Crippen MR) is 115 cm³/mol. The lowest BCUT2D eigenvalue weighted by Gasteiger charge is -2.27. The van der Waals surface area contributed by atoms with E-state index in [1.165, 1.54) is 0 Å². The Bertz CT molecular complexity index is 1080. The van der Waals surface area contributed by atoms with Crippen LogP contribution in [0.3, 0.4) is 0 Å². The predicted octanol–water partition coefficient (Wildman–Crippen LogP) is 2.65. The molecule has 0 spiro atoms. The van der Waals surface area contributed by atoms with Crippen LogP contribution in [0, 0.1) is 0 Å². The van der Waals surface area contributed by atoms with Gasteiger partial charge < -0.3 is 39.2 Å². The highest BCUT2D eigenvalue weighted by molar-refractivity contribution is 5.64. The van der Waals surface area contributed by atoms with E-state index in [9.17, 15) is 0 Å². The zero-order valence-electron chi connectivity index (χ0n) is 17.0. The lowest BCUT2D eigenvalue weighted by molar-refractivity contribution is 0.122. The Morgan fingerprint density at radius 3 is 1.75 bits per heavy atom. The molecule has 4 heterocycles. The van der Waals surface area contributed by atoms with Gasteiger partial charge in [0, 0.05) is 36.6 Å². The number of ether oxygens (including phenoxy) is 5. The first-order valence-corrected chi connectivity index (χ1v) is 10.2. The first kappa shape index (κ1) is 18.8. The molecular formula is C21H20N6O5. The van der Waals surface area contributed by atoms with Gasteiger partial charge in [-0.3, -0.25) is 0 Å². The first-order valence-electron chi connectivity index (χ1n) is 10.2. The number of fused-ring (bicyclic) bond motifs is 2. The van der Waals surface area contributed by atoms with Crippen molar-refractivity contribution in [2.45, 2.75) is 0 Å². The molecule has 1 aromatic heterocycles. The van der Waals surface area contributed by atoms with Crippen LogP contribution >= 0.6 is 0 Å². The Morgan fingerprint density at radius 2 is 1.19 bits per heavy atom. The molecule has 3 aromatic rings. The lowest BCUT2D eigenvalue weighted by Crippen LogP contribution is -2.37. The van der Waals surface area contributed by atoms with Crippen LogP contribution in [0.1, 0.15) is 0 Å². The molecule has 0 saturated carbocycles. The Hall–Kier alpha value is -3.99. The van der Waals surface area contributed by atoms with E-state index in [-0.39, 0.29) is 13.6 Å². The molecular weight excluding hydrogens is 416 g/mol. The average Bonchev–Trinajstić information content (AvgIpc) is 3.48. The molecule has 11 nitrogen and oxygen atoms in total. The molecule has 0 amide bonds. The molecule has 2 aromatic carbocycles. The lowest BCUT2D eigenvalue weighted by atomic mass is 10.3. The van der Waals surface area contributed by atoms with Crippen molar-refractivity contribution in [2.75, 3.05) is 55.4 Å². The fraction of sp³-hybridized carbons (Fsp3) is 0.286. The van der Waals surface area contributed by atoms with Crippen molar-refractivity contribution in [3.05, 3.63) is 36.4 Å². The van der Waals surface area contributed by atoms with E-state index in [1.54, 1.807) is 0 Å². The number of rotatable bonds is 5. The quantitative estimate of drug-likeness (QED) is 0.615. The minimum Gasteiger partial charge on any atom is -0.454 e. The van der Waals surface area contributed by atoms with E-state index in [1.807, 2.05) is 36.4 Å². The minimum atomic E-state index is 0.218. The van der Waals surface area contributed by atoms with Gasteiger partial charge in [0.05, 0.1) is 13.2 Å². The molecule has 1 saturated heterocycles. The Kier molecular flexibility index (Phi) is 4.65. The third kappa shape index (κ3) is 3.73. The Balaban J connectivity index is 1.31. The number of benzene rings is 2. The first-order chi connectivity index (χ1) is 15.8. The zero-order chi connectivity index (χ0) is 21.3. The standard InChI is InChI=1S/C21H20N6O5/c1-3-15-17(31-11-29-15)9-13(1)22-19-24-20(26-21(25-19)27-5-7-28-8-6-27)23-14-2-4-16-18(10-14)32-12-30-16/h1-4,9-10H,5-8,11-12H2,(H2,22,23,24,25,26). The maximum absolute atomic E-state index is 5.46. The van der Waals surface area contributed by atoms with E-state index in [4.69, 9.17) is 23.7 Å². The van der Waals surface area contributed by atoms with Gasteiger partial charge in [0.1, 0.15) is 0 Å². The topological polar surface area (TPSA) is 112 Å². The van der Waals surface area contributed by atoms with Crippen molar-refractivity contribution in [2.24, 2.45) is 0 Å². The minimum absolute atomic E-state index is 0.218. The molecule has 0 bridgehead atoms. The number of nitrogens with one attached hydrogen (secondary N) is 2. The van der Waals surface area contributed by atoms with Crippen LogP contribution in [0.2, 0.25) is 0 Å². The molecule has 1 fully saturated rings. The smallest absolute Gasteiger partial charge is 0.233 e. The number of anilines is 5. The van der Waals surface area contributed by atoms with Gasteiger partial charge in [-0.1, -0.05) is 0 Å². The molecule has 0 radical (unpaired) electrons. The van der Waals surface area contributed by atoms with Crippen molar-refractivity contribution in [1.29, 1.82) is 0 Å². The van der Waals surface area contributed by atoms with Gasteiger partial charge in [-0.2, -0.15) is 15.0 Å². The highest BCUT2D eigenvalue weighted by Gasteiger charge is 2.19. The van der Waals surface area contributed by atoms with Gasteiger partial charge in [0.25, 0.3) is 0 Å². The molecule has 3 aliphatic heterocycles. The molecule has 2 N–H and O–H groups in total. The van der Waals surface area contributed by atoms with E-state index < -0.39 is 0 Å². The third-order valence-corrected chi connectivity index (χ3v) is 5.17. The van der Waals surface area contributed by atoms with Crippen LogP contribution < -0.4 is 34.5 Å². The van der Waals surface area contributed by atoms with Crippen molar-refractivity contribution < 1.29 is 23.7 Å². The number of morpholine rings is 1. The summed E-state index contributed by atoms with van der Waals surface area (Å²) in [6.07, 6.45) is 0. The van der Waals surface area contributed by atoms with Gasteiger partial charge in [-0.15, -0.1) is 0 Å². The molecule has 32 heavy (non-hydrogen) atoms. The zero-order valence-corrected chi connectivity index (χ0v) is 17.0. The molecule has 164 valence electrons. The fourth-order valence-electron chi connectivity index (χ4n) is 3.59. The molecule has 6 rings (SSSR count). The number of aromatic nitrogens is 3. The highest BCUT2D eigenvalue weighted by Crippen LogP contribution is 2.36. The SMILES string of the molecule is c1cc2c(cc1Nc1nc(Nc3ccc4c(c3)OCO4)nc(N3CCOCC3)n1)OCO2. The third-order valence-electron chi connectivity index (χ3n) is 5.17. The van der Waals surface area contributed by atoms with E-state index in [0.717, 1.165) is 11.4 Å². The number of hydrogen-bond donors (Lipinski definition) is 2. The van der Waals surface area contributed by atoms with Crippen molar-refractivity contribution in [3.8, 4) is 23.0 Å². The van der Waals surface area contributed by atoms with Crippen LogP contribution in [0.15, 0.2) is 36.4 Å². The van der Waals surface area contributed by atoms with Crippen molar-refractivity contribution >= 4 is 29.2 Å². The maximum atomic E-state index is 5.46. The largest absolute Gasteiger partial charge is 0.454 e. The molecule has 0 aliphatic carbocycles. The van der Waals surface area contributed by atoms with Crippen LogP contribution in [-0.4, -0.2) is 54.8 Å². The fourth-order valence-corrected chi connectivity index (χ4v) is 3.59. The second-order valence-corrected chi connectivity index (χ2v) is 7.27. The van der Waals surface area contributed by atoms with Crippen molar-refractivity contribution in [1.82, 2.24) is 15.0 Å². The average molecular weight is 436 g/mol. The van der Waals surface area contributed by atoms with Gasteiger partial charge >= 0.3 is 0 Å². The van der Waals surface area contributed by atoms with Gasteiger partial charge in [-0.25, -0.2) is 0 Å². The molecule has 11 heteroatoms. The second kappa shape index (κ2) is 7.93. The van der Waals surface area contributed by atoms with Crippen LogP contribution in [-0.2, 0) is 4.74 Å². The van der Waals surface area contributed by atoms with Crippen molar-refractivity contribution in [3.63, 3.8) is 0 Å². The van der Waals surface area contributed by atoms with E-state index in [0.29, 0.717) is 67.1 Å². The summed E-state index contributed by atoms with van der Waals surface area (Å²) < 4.78 is 27.1. The van der Waals surface area contributed by atoms with Gasteiger partial charge in [-0.05, 0) is 24.3 Å². The summed E-state index contributed by atoms with van der Waals surface area (Å²) in [6.45, 7) is 3.10. The van der Waals surface area contributed by atoms with E-state index in [2.05, 4.69) is 30.5 Å². The second-order valence-electron chi connectivity index (χ2n) is 7.27. The molecule has 0 unspecified atom stereocenters. The summed E-state index contributed by atoms with van der Waals surface area (Å²) in [4.78, 5) is 15.9. The van der Waals surface area contributed by atoms with Crippen LogP contribution in [0.4, 0.5) is 29.2 Å². The number of nitrogens with zero attached hydrogens (tertiary/aromatic N) is 4.